The van der Waals surface area contributed by atoms with Crippen molar-refractivity contribution in [3.8, 4) is 5.75 Å². The third-order valence-corrected chi connectivity index (χ3v) is 6.08. The number of ether oxygens (including phenoxy) is 1. The van der Waals surface area contributed by atoms with E-state index in [1.807, 2.05) is 6.07 Å². The highest BCUT2D eigenvalue weighted by atomic mass is 16.5. The molecule has 3 aromatic rings. The van der Waals surface area contributed by atoms with Crippen LogP contribution in [0.4, 0.5) is 0 Å². The highest BCUT2D eigenvalue weighted by molar-refractivity contribution is 6.01. The molecule has 4 rings (SSSR count). The topological polar surface area (TPSA) is 118 Å². The van der Waals surface area contributed by atoms with Gasteiger partial charge in [-0.15, -0.1) is 0 Å². The van der Waals surface area contributed by atoms with Crippen LogP contribution < -0.4 is 10.6 Å². The number of ketones is 1. The summed E-state index contributed by atoms with van der Waals surface area (Å²) < 4.78 is 5.40. The second kappa shape index (κ2) is 8.99. The summed E-state index contributed by atoms with van der Waals surface area (Å²) >= 11 is 0. The molecule has 0 spiro atoms. The quantitative estimate of drug-likeness (QED) is 0.533. The Balaban J connectivity index is 1.59. The number of benzene rings is 2. The molecule has 2 heterocycles. The van der Waals surface area contributed by atoms with Crippen LogP contribution in [0.3, 0.4) is 0 Å². The van der Waals surface area contributed by atoms with Crippen molar-refractivity contribution < 1.29 is 24.2 Å². The normalized spacial score (nSPS) is 21.0. The van der Waals surface area contributed by atoms with E-state index in [2.05, 4.69) is 15.6 Å². The fraction of sp³-hybridized carbons (Fsp3) is 0.280. The van der Waals surface area contributed by atoms with Crippen LogP contribution in [0, 0.1) is 0 Å². The zero-order valence-electron chi connectivity index (χ0n) is 18.4. The van der Waals surface area contributed by atoms with Gasteiger partial charge in [-0.2, -0.15) is 0 Å². The Bertz CT molecular complexity index is 1230. The number of carbonyl (C=O) groups excluding carboxylic acids is 3. The van der Waals surface area contributed by atoms with Crippen LogP contribution in [-0.2, 0) is 20.7 Å². The summed E-state index contributed by atoms with van der Waals surface area (Å²) in [6.07, 6.45) is 1.30. The minimum absolute atomic E-state index is 0.0555. The highest BCUT2D eigenvalue weighted by Crippen LogP contribution is 2.23. The van der Waals surface area contributed by atoms with Gasteiger partial charge >= 0.3 is 0 Å². The molecule has 8 heteroatoms. The maximum absolute atomic E-state index is 13.3. The van der Waals surface area contributed by atoms with Crippen LogP contribution in [0.15, 0.2) is 60.8 Å². The Morgan fingerprint density at radius 1 is 1.21 bits per heavy atom. The van der Waals surface area contributed by atoms with Crippen molar-refractivity contribution in [1.82, 2.24) is 15.6 Å². The predicted octanol–water partition coefficient (Wildman–Crippen LogP) is 2.14. The number of fused-ring (bicyclic) bond motifs is 1. The number of carbonyl (C=O) groups is 3. The molecule has 1 aliphatic rings. The summed E-state index contributed by atoms with van der Waals surface area (Å²) in [7, 11) is 0. The van der Waals surface area contributed by atoms with Gasteiger partial charge in [0.15, 0.2) is 5.78 Å². The van der Waals surface area contributed by atoms with E-state index in [0.717, 1.165) is 10.9 Å². The summed E-state index contributed by atoms with van der Waals surface area (Å²) in [5, 5.41) is 16.2. The minimum Gasteiger partial charge on any atom is -0.508 e. The Kier molecular flexibility index (Phi) is 6.11. The first-order valence-electron chi connectivity index (χ1n) is 10.7. The number of aromatic hydroxyl groups is 1. The maximum atomic E-state index is 13.3. The number of hydrogen-bond acceptors (Lipinski definition) is 6. The second-order valence-electron chi connectivity index (χ2n) is 8.38. The number of aromatic nitrogens is 1. The molecule has 1 aliphatic heterocycles. The molecule has 1 saturated heterocycles. The van der Waals surface area contributed by atoms with Gasteiger partial charge in [-0.25, -0.2) is 0 Å². The van der Waals surface area contributed by atoms with Gasteiger partial charge in [-0.3, -0.25) is 19.4 Å². The summed E-state index contributed by atoms with van der Waals surface area (Å²) in [4.78, 5) is 42.9. The third kappa shape index (κ3) is 4.70. The number of Topliss-reactive ketones (excluding diaryl/α,β-unsaturated/α-hetero) is 1. The molecule has 1 aromatic heterocycles. The summed E-state index contributed by atoms with van der Waals surface area (Å²) in [5.41, 5.74) is 0.604. The van der Waals surface area contributed by atoms with Gasteiger partial charge in [0.2, 0.25) is 5.91 Å². The van der Waals surface area contributed by atoms with Crippen molar-refractivity contribution in [3.63, 3.8) is 0 Å². The molecule has 33 heavy (non-hydrogen) atoms. The van der Waals surface area contributed by atoms with Gasteiger partial charge < -0.3 is 20.5 Å². The number of rotatable bonds is 6. The van der Waals surface area contributed by atoms with Crippen molar-refractivity contribution in [1.29, 1.82) is 0 Å². The molecule has 3 atom stereocenters. The Morgan fingerprint density at radius 3 is 2.76 bits per heavy atom. The van der Waals surface area contributed by atoms with E-state index in [-0.39, 0.29) is 24.6 Å². The number of hydrogen-bond donors (Lipinski definition) is 3. The zero-order chi connectivity index (χ0) is 23.6. The summed E-state index contributed by atoms with van der Waals surface area (Å²) in [6.45, 7) is 3.26. The van der Waals surface area contributed by atoms with Crippen LogP contribution >= 0.6 is 0 Å². The van der Waals surface area contributed by atoms with Crippen molar-refractivity contribution in [2.24, 2.45) is 0 Å². The van der Waals surface area contributed by atoms with Crippen LogP contribution in [0.5, 0.6) is 5.75 Å². The van der Waals surface area contributed by atoms with Gasteiger partial charge in [0, 0.05) is 23.6 Å². The van der Waals surface area contributed by atoms with Crippen molar-refractivity contribution in [2.75, 3.05) is 6.61 Å². The molecule has 0 radical (unpaired) electrons. The van der Waals surface area contributed by atoms with Crippen molar-refractivity contribution in [3.05, 3.63) is 71.9 Å². The predicted molar refractivity (Wildman–Crippen MR) is 122 cm³/mol. The van der Waals surface area contributed by atoms with E-state index < -0.39 is 29.5 Å². The van der Waals surface area contributed by atoms with Crippen LogP contribution in [0.1, 0.15) is 29.8 Å². The van der Waals surface area contributed by atoms with Crippen molar-refractivity contribution in [2.45, 2.75) is 38.0 Å². The Labute approximate surface area is 191 Å². The number of phenolic OH excluding ortho intramolecular Hbond substituents is 1. The molecule has 8 nitrogen and oxygen atoms in total. The van der Waals surface area contributed by atoms with Gasteiger partial charge in [0.25, 0.3) is 5.91 Å². The fourth-order valence-corrected chi connectivity index (χ4v) is 3.85. The zero-order valence-corrected chi connectivity index (χ0v) is 18.4. The third-order valence-electron chi connectivity index (χ3n) is 6.08. The molecule has 0 saturated carbocycles. The summed E-state index contributed by atoms with van der Waals surface area (Å²) in [5.74, 6) is -1.12. The van der Waals surface area contributed by atoms with E-state index in [9.17, 15) is 19.5 Å². The first-order valence-corrected chi connectivity index (χ1v) is 10.7. The molecule has 3 N–H and O–H groups in total. The van der Waals surface area contributed by atoms with Crippen LogP contribution in [0.25, 0.3) is 10.9 Å². The lowest BCUT2D eigenvalue weighted by atomic mass is 9.92. The lowest BCUT2D eigenvalue weighted by molar-refractivity contribution is -0.130. The van der Waals surface area contributed by atoms with E-state index in [0.29, 0.717) is 11.1 Å². The second-order valence-corrected chi connectivity index (χ2v) is 8.38. The number of phenols is 1. The standard InChI is InChI=1S/C25H25N3O5/c1-15-25(2,22(30)14-33-15)28-24(32)21(12-16-5-3-7-19(29)11-16)27-23(31)18-8-9-20-17(13-18)6-4-10-26-20/h3-11,13,15,21,29H,12,14H2,1-2H3,(H,27,31)(H,28,32). The smallest absolute Gasteiger partial charge is 0.251 e. The number of amides is 2. The Morgan fingerprint density at radius 2 is 2.03 bits per heavy atom. The average Bonchev–Trinajstić information content (AvgIpc) is 3.05. The van der Waals surface area contributed by atoms with Gasteiger partial charge in [0.1, 0.15) is 23.9 Å². The molecule has 0 bridgehead atoms. The number of nitrogens with one attached hydrogen (secondary N) is 2. The molecular formula is C25H25N3O5. The molecule has 1 fully saturated rings. The lowest BCUT2D eigenvalue weighted by Gasteiger charge is -2.30. The molecule has 0 aliphatic carbocycles. The van der Waals surface area contributed by atoms with Gasteiger partial charge in [0.05, 0.1) is 11.6 Å². The first kappa shape index (κ1) is 22.4. The number of nitrogens with zero attached hydrogens (tertiary/aromatic N) is 1. The molecular weight excluding hydrogens is 422 g/mol. The largest absolute Gasteiger partial charge is 0.508 e. The minimum atomic E-state index is -1.19. The summed E-state index contributed by atoms with van der Waals surface area (Å²) in [6, 6.07) is 14.2. The van der Waals surface area contributed by atoms with Gasteiger partial charge in [-0.05, 0) is 55.8 Å². The van der Waals surface area contributed by atoms with E-state index in [4.69, 9.17) is 4.74 Å². The van der Waals surface area contributed by atoms with Crippen LogP contribution in [0.2, 0.25) is 0 Å². The highest BCUT2D eigenvalue weighted by Gasteiger charge is 2.47. The molecule has 3 unspecified atom stereocenters. The lowest BCUT2D eigenvalue weighted by Crippen LogP contribution is -2.60. The monoisotopic (exact) mass is 447 g/mol. The van der Waals surface area contributed by atoms with Crippen molar-refractivity contribution >= 4 is 28.5 Å². The van der Waals surface area contributed by atoms with Gasteiger partial charge in [-0.1, -0.05) is 18.2 Å². The SMILES string of the molecule is CC1OCC(=O)C1(C)NC(=O)C(Cc1cccc(O)c1)NC(=O)c1ccc2ncccc2c1. The Hall–Kier alpha value is -3.78. The van der Waals surface area contributed by atoms with E-state index in [1.165, 1.54) is 12.1 Å². The molecule has 170 valence electrons. The first-order chi connectivity index (χ1) is 15.8. The van der Waals surface area contributed by atoms with E-state index in [1.54, 1.807) is 56.4 Å². The molecule has 2 aromatic carbocycles. The number of pyridine rings is 1. The maximum Gasteiger partial charge on any atom is 0.251 e. The fourth-order valence-electron chi connectivity index (χ4n) is 3.85. The molecule has 2 amide bonds. The van der Waals surface area contributed by atoms with Crippen LogP contribution in [-0.4, -0.2) is 52.0 Å². The van der Waals surface area contributed by atoms with E-state index >= 15 is 0 Å². The average molecular weight is 447 g/mol.